The summed E-state index contributed by atoms with van der Waals surface area (Å²) in [6, 6.07) is 5.94. The molecule has 1 saturated carbocycles. The van der Waals surface area contributed by atoms with Crippen LogP contribution in [-0.2, 0) is 22.7 Å². The van der Waals surface area contributed by atoms with Gasteiger partial charge < -0.3 is 16.0 Å². The Morgan fingerprint density at radius 2 is 1.89 bits per heavy atom. The Kier molecular flexibility index (Phi) is 5.46. The highest BCUT2D eigenvalue weighted by Gasteiger charge is 2.39. The summed E-state index contributed by atoms with van der Waals surface area (Å²) in [4.78, 5) is 38.0. The van der Waals surface area contributed by atoms with Crippen molar-refractivity contribution in [2.45, 2.75) is 63.7 Å². The topological polar surface area (TPSA) is 105 Å². The van der Waals surface area contributed by atoms with Crippen LogP contribution in [0.5, 0.6) is 0 Å². The molecule has 1 aromatic carbocycles. The van der Waals surface area contributed by atoms with Crippen LogP contribution in [0.3, 0.4) is 0 Å². The molecule has 2 fully saturated rings. The van der Waals surface area contributed by atoms with E-state index in [1.807, 2.05) is 12.1 Å². The molecule has 28 heavy (non-hydrogen) atoms. The van der Waals surface area contributed by atoms with E-state index in [2.05, 4.69) is 16.7 Å². The summed E-state index contributed by atoms with van der Waals surface area (Å²) in [5.74, 6) is -0.0876. The zero-order valence-electron chi connectivity index (χ0n) is 16.1. The highest BCUT2D eigenvalue weighted by Crippen LogP contribution is 2.28. The molecule has 3 amide bonds. The normalized spacial score (nSPS) is 27.7. The highest BCUT2D eigenvalue weighted by molar-refractivity contribution is 6.05. The number of hydrogen-bond acceptors (Lipinski definition) is 5. The Labute approximate surface area is 165 Å². The summed E-state index contributed by atoms with van der Waals surface area (Å²) < 4.78 is 0. The van der Waals surface area contributed by atoms with Gasteiger partial charge in [0, 0.05) is 31.1 Å². The first-order valence-corrected chi connectivity index (χ1v) is 10.2. The highest BCUT2D eigenvalue weighted by atomic mass is 16.2. The summed E-state index contributed by atoms with van der Waals surface area (Å²) in [5, 5.41) is 5.95. The molecule has 4 N–H and O–H groups in total. The van der Waals surface area contributed by atoms with E-state index in [0.29, 0.717) is 30.5 Å². The van der Waals surface area contributed by atoms with Crippen molar-refractivity contribution in [1.82, 2.24) is 15.5 Å². The van der Waals surface area contributed by atoms with Gasteiger partial charge in [0.1, 0.15) is 6.04 Å². The number of carbonyl (C=O) groups excluding carboxylic acids is 3. The second kappa shape index (κ2) is 8.01. The van der Waals surface area contributed by atoms with E-state index in [0.717, 1.165) is 37.1 Å². The molecule has 1 saturated heterocycles. The molecule has 0 spiro atoms. The lowest BCUT2D eigenvalue weighted by molar-refractivity contribution is -0.136. The summed E-state index contributed by atoms with van der Waals surface area (Å²) >= 11 is 0. The van der Waals surface area contributed by atoms with Gasteiger partial charge in [0.2, 0.25) is 11.8 Å². The number of nitrogens with zero attached hydrogens (tertiary/aromatic N) is 1. The Bertz CT molecular complexity index is 786. The molecule has 2 aliphatic heterocycles. The van der Waals surface area contributed by atoms with E-state index < -0.39 is 6.04 Å². The monoisotopic (exact) mass is 384 g/mol. The second-order valence-corrected chi connectivity index (χ2v) is 8.23. The predicted molar refractivity (Wildman–Crippen MR) is 104 cm³/mol. The van der Waals surface area contributed by atoms with Gasteiger partial charge in [0.25, 0.3) is 5.91 Å². The predicted octanol–water partition coefficient (Wildman–Crippen LogP) is 1.05. The standard InChI is InChI=1S/C21H28N4O3/c22-10-13-2-5-16(6-3-13)23-11-14-1-4-15-12-25(21(28)17(15)9-14)18-7-8-19(26)24-20(18)27/h1,4,9,13,16,18,23H,2-3,5-8,10-12,22H2,(H,24,26,27). The smallest absolute Gasteiger partial charge is 0.255 e. The van der Waals surface area contributed by atoms with Crippen LogP contribution in [-0.4, -0.2) is 41.2 Å². The van der Waals surface area contributed by atoms with Crippen LogP contribution in [0.25, 0.3) is 0 Å². The minimum absolute atomic E-state index is 0.116. The third kappa shape index (κ3) is 3.82. The number of fused-ring (bicyclic) bond motifs is 1. The molecule has 150 valence electrons. The van der Waals surface area contributed by atoms with E-state index in [1.54, 1.807) is 4.90 Å². The molecular formula is C21H28N4O3. The summed E-state index contributed by atoms with van der Waals surface area (Å²) in [6.07, 6.45) is 5.32. The van der Waals surface area contributed by atoms with Gasteiger partial charge >= 0.3 is 0 Å². The molecule has 0 radical (unpaired) electrons. The lowest BCUT2D eigenvalue weighted by Crippen LogP contribution is -2.52. The number of imide groups is 1. The minimum Gasteiger partial charge on any atom is -0.330 e. The molecule has 7 nitrogen and oxygen atoms in total. The fourth-order valence-corrected chi connectivity index (χ4v) is 4.58. The van der Waals surface area contributed by atoms with Crippen LogP contribution in [0.1, 0.15) is 60.0 Å². The van der Waals surface area contributed by atoms with Crippen molar-refractivity contribution in [2.24, 2.45) is 11.7 Å². The van der Waals surface area contributed by atoms with Crippen LogP contribution in [0, 0.1) is 5.92 Å². The number of amides is 3. The van der Waals surface area contributed by atoms with E-state index in [4.69, 9.17) is 5.73 Å². The Morgan fingerprint density at radius 1 is 1.11 bits per heavy atom. The molecule has 4 rings (SSSR count). The van der Waals surface area contributed by atoms with Gasteiger partial charge in [0.15, 0.2) is 0 Å². The Morgan fingerprint density at radius 3 is 2.61 bits per heavy atom. The van der Waals surface area contributed by atoms with Gasteiger partial charge in [-0.3, -0.25) is 19.7 Å². The third-order valence-electron chi connectivity index (χ3n) is 6.37. The fourth-order valence-electron chi connectivity index (χ4n) is 4.58. The summed E-state index contributed by atoms with van der Waals surface area (Å²) in [5.41, 5.74) is 8.47. The van der Waals surface area contributed by atoms with E-state index >= 15 is 0 Å². The first-order chi connectivity index (χ1) is 13.5. The van der Waals surface area contributed by atoms with Crippen LogP contribution >= 0.6 is 0 Å². The largest absolute Gasteiger partial charge is 0.330 e. The molecule has 7 heteroatoms. The molecule has 2 heterocycles. The maximum Gasteiger partial charge on any atom is 0.255 e. The van der Waals surface area contributed by atoms with Crippen LogP contribution in [0.2, 0.25) is 0 Å². The fraction of sp³-hybridized carbons (Fsp3) is 0.571. The van der Waals surface area contributed by atoms with Crippen molar-refractivity contribution in [3.63, 3.8) is 0 Å². The lowest BCUT2D eigenvalue weighted by Gasteiger charge is -2.29. The maximum absolute atomic E-state index is 12.9. The van der Waals surface area contributed by atoms with Crippen molar-refractivity contribution >= 4 is 17.7 Å². The molecule has 0 aromatic heterocycles. The number of hydrogen-bond donors (Lipinski definition) is 3. The maximum atomic E-state index is 12.9. The number of benzene rings is 1. The quantitative estimate of drug-likeness (QED) is 0.659. The summed E-state index contributed by atoms with van der Waals surface area (Å²) in [6.45, 7) is 1.94. The number of piperidine rings is 1. The van der Waals surface area contributed by atoms with Crippen molar-refractivity contribution in [3.05, 3.63) is 34.9 Å². The summed E-state index contributed by atoms with van der Waals surface area (Å²) in [7, 11) is 0. The van der Waals surface area contributed by atoms with Crippen LogP contribution in [0.15, 0.2) is 18.2 Å². The Hall–Kier alpha value is -2.25. The van der Waals surface area contributed by atoms with Crippen LogP contribution in [0.4, 0.5) is 0 Å². The second-order valence-electron chi connectivity index (χ2n) is 8.23. The molecule has 1 aliphatic carbocycles. The molecular weight excluding hydrogens is 356 g/mol. The van der Waals surface area contributed by atoms with Gasteiger partial charge in [-0.15, -0.1) is 0 Å². The van der Waals surface area contributed by atoms with Gasteiger partial charge in [-0.2, -0.15) is 0 Å². The minimum atomic E-state index is -0.558. The average Bonchev–Trinajstić information content (AvgIpc) is 3.03. The first kappa shape index (κ1) is 19.1. The van der Waals surface area contributed by atoms with Gasteiger partial charge in [-0.1, -0.05) is 12.1 Å². The van der Waals surface area contributed by atoms with Crippen molar-refractivity contribution in [3.8, 4) is 0 Å². The molecule has 1 aromatic rings. The first-order valence-electron chi connectivity index (χ1n) is 10.2. The number of nitrogens with one attached hydrogen (secondary N) is 2. The molecule has 0 bridgehead atoms. The number of nitrogens with two attached hydrogens (primary N) is 1. The SMILES string of the molecule is NCC1CCC(NCc2ccc3c(c2)C(=O)N(C2CCC(=O)NC2=O)C3)CC1. The van der Waals surface area contributed by atoms with E-state index in [9.17, 15) is 14.4 Å². The number of rotatable bonds is 5. The average molecular weight is 384 g/mol. The van der Waals surface area contributed by atoms with Gasteiger partial charge in [-0.25, -0.2) is 0 Å². The molecule has 1 unspecified atom stereocenters. The molecule has 1 atom stereocenters. The van der Waals surface area contributed by atoms with Crippen molar-refractivity contribution in [2.75, 3.05) is 6.54 Å². The van der Waals surface area contributed by atoms with Crippen molar-refractivity contribution in [1.29, 1.82) is 0 Å². The van der Waals surface area contributed by atoms with Crippen molar-refractivity contribution < 1.29 is 14.4 Å². The Balaban J connectivity index is 1.38. The van der Waals surface area contributed by atoms with Gasteiger partial charge in [0.05, 0.1) is 0 Å². The van der Waals surface area contributed by atoms with Gasteiger partial charge in [-0.05, 0) is 61.8 Å². The zero-order valence-corrected chi connectivity index (χ0v) is 16.1. The molecule has 3 aliphatic rings. The lowest BCUT2D eigenvalue weighted by atomic mass is 9.86. The van der Waals surface area contributed by atoms with E-state index in [1.165, 1.54) is 12.8 Å². The zero-order chi connectivity index (χ0) is 19.7. The third-order valence-corrected chi connectivity index (χ3v) is 6.37. The number of carbonyl (C=O) groups is 3. The van der Waals surface area contributed by atoms with Crippen LogP contribution < -0.4 is 16.4 Å². The van der Waals surface area contributed by atoms with E-state index in [-0.39, 0.29) is 24.1 Å².